The molecule has 2 aromatic heterocycles. The number of rotatable bonds is 4. The lowest BCUT2D eigenvalue weighted by atomic mass is 10.2. The Kier molecular flexibility index (Phi) is 3.72. The van der Waals surface area contributed by atoms with Gasteiger partial charge in [-0.15, -0.1) is 0 Å². The van der Waals surface area contributed by atoms with Crippen LogP contribution in [-0.4, -0.2) is 27.2 Å². The number of imidazole rings is 1. The number of nitrogens with zero attached hydrogens (tertiary/aromatic N) is 2. The number of aromatic nitrogens is 2. The predicted octanol–water partition coefficient (Wildman–Crippen LogP) is 2.79. The Bertz CT molecular complexity index is 955. The van der Waals surface area contributed by atoms with Crippen LogP contribution in [0.3, 0.4) is 0 Å². The van der Waals surface area contributed by atoms with Crippen molar-refractivity contribution >= 4 is 23.0 Å². The first-order chi connectivity index (χ1) is 12.1. The highest BCUT2D eigenvalue weighted by Gasteiger charge is 2.27. The van der Waals surface area contributed by atoms with Gasteiger partial charge in [0.1, 0.15) is 0 Å². The van der Waals surface area contributed by atoms with Crippen molar-refractivity contribution in [2.24, 2.45) is 0 Å². The first-order valence-electron chi connectivity index (χ1n) is 8.28. The number of pyridine rings is 1. The number of hydrogen-bond acceptors (Lipinski definition) is 3. The summed E-state index contributed by atoms with van der Waals surface area (Å²) < 4.78 is 1.65. The van der Waals surface area contributed by atoms with Crippen molar-refractivity contribution < 1.29 is 9.59 Å². The van der Waals surface area contributed by atoms with Crippen LogP contribution in [0.1, 0.15) is 39.5 Å². The molecule has 6 heteroatoms. The van der Waals surface area contributed by atoms with E-state index in [0.29, 0.717) is 11.2 Å². The molecule has 0 atom stereocenters. The van der Waals surface area contributed by atoms with E-state index in [9.17, 15) is 9.59 Å². The van der Waals surface area contributed by atoms with Gasteiger partial charge in [-0.3, -0.25) is 14.0 Å². The van der Waals surface area contributed by atoms with Crippen LogP contribution in [0.4, 0.5) is 5.69 Å². The number of aryl methyl sites for hydroxylation is 1. The lowest BCUT2D eigenvalue weighted by molar-refractivity contribution is 0.0940. The molecule has 0 spiro atoms. The second kappa shape index (κ2) is 6.05. The van der Waals surface area contributed by atoms with E-state index in [0.717, 1.165) is 18.4 Å². The summed E-state index contributed by atoms with van der Waals surface area (Å²) in [5, 5.41) is 5.75. The molecule has 25 heavy (non-hydrogen) atoms. The highest BCUT2D eigenvalue weighted by molar-refractivity contribution is 6.09. The summed E-state index contributed by atoms with van der Waals surface area (Å²) in [6.45, 7) is 1.99. The largest absolute Gasteiger partial charge is 0.347 e. The summed E-state index contributed by atoms with van der Waals surface area (Å²) in [6.07, 6.45) is 3.73. The number of benzene rings is 1. The zero-order valence-electron chi connectivity index (χ0n) is 13.8. The Balaban J connectivity index is 1.67. The van der Waals surface area contributed by atoms with Crippen molar-refractivity contribution in [1.29, 1.82) is 0 Å². The second-order valence-electron chi connectivity index (χ2n) is 6.31. The zero-order chi connectivity index (χ0) is 17.4. The first kappa shape index (κ1) is 15.4. The van der Waals surface area contributed by atoms with Gasteiger partial charge in [0.15, 0.2) is 5.69 Å². The number of fused-ring (bicyclic) bond motifs is 1. The van der Waals surface area contributed by atoms with E-state index in [1.165, 1.54) is 0 Å². The van der Waals surface area contributed by atoms with E-state index in [2.05, 4.69) is 15.6 Å². The smallest absolute Gasteiger partial charge is 0.287 e. The van der Waals surface area contributed by atoms with Crippen molar-refractivity contribution in [3.05, 3.63) is 65.7 Å². The van der Waals surface area contributed by atoms with E-state index in [1.807, 2.05) is 43.3 Å². The van der Waals surface area contributed by atoms with Gasteiger partial charge < -0.3 is 10.6 Å². The molecule has 0 saturated heterocycles. The van der Waals surface area contributed by atoms with Crippen LogP contribution in [0.5, 0.6) is 0 Å². The highest BCUT2D eigenvalue weighted by Crippen LogP contribution is 2.20. The fraction of sp³-hybridized carbons (Fsp3) is 0.211. The summed E-state index contributed by atoms with van der Waals surface area (Å²) in [6, 6.07) is 13.2. The number of carbonyl (C=O) groups excluding carboxylic acids is 2. The van der Waals surface area contributed by atoms with Crippen molar-refractivity contribution in [1.82, 2.24) is 14.7 Å². The molecule has 4 rings (SSSR count). The number of anilines is 1. The topological polar surface area (TPSA) is 75.5 Å². The van der Waals surface area contributed by atoms with Gasteiger partial charge in [-0.2, -0.15) is 0 Å². The first-order valence-corrected chi connectivity index (χ1v) is 8.28. The maximum Gasteiger partial charge on any atom is 0.287 e. The quantitative estimate of drug-likeness (QED) is 0.770. The van der Waals surface area contributed by atoms with Crippen LogP contribution in [0.2, 0.25) is 0 Å². The van der Waals surface area contributed by atoms with Gasteiger partial charge in [-0.25, -0.2) is 4.98 Å². The molecule has 1 aliphatic rings. The van der Waals surface area contributed by atoms with E-state index >= 15 is 0 Å². The van der Waals surface area contributed by atoms with E-state index in [1.54, 1.807) is 16.7 Å². The van der Waals surface area contributed by atoms with E-state index < -0.39 is 0 Å². The fourth-order valence-electron chi connectivity index (χ4n) is 2.67. The third-order valence-electron chi connectivity index (χ3n) is 4.19. The van der Waals surface area contributed by atoms with Gasteiger partial charge >= 0.3 is 0 Å². The number of hydrogen-bond donors (Lipinski definition) is 2. The maximum absolute atomic E-state index is 12.7. The summed E-state index contributed by atoms with van der Waals surface area (Å²) >= 11 is 0. The van der Waals surface area contributed by atoms with E-state index in [4.69, 9.17) is 0 Å². The van der Waals surface area contributed by atoms with Gasteiger partial charge in [0.25, 0.3) is 11.8 Å². The average Bonchev–Trinajstić information content (AvgIpc) is 3.33. The molecule has 3 aromatic rings. The van der Waals surface area contributed by atoms with Crippen molar-refractivity contribution in [3.8, 4) is 0 Å². The molecule has 126 valence electrons. The van der Waals surface area contributed by atoms with Gasteiger partial charge in [0.05, 0.1) is 5.52 Å². The summed E-state index contributed by atoms with van der Waals surface area (Å²) in [5.41, 5.74) is 2.65. The molecule has 1 aromatic carbocycles. The third kappa shape index (κ3) is 3.10. The SMILES string of the molecule is Cc1ccc(NC(=O)c2nc(C(=O)NC3CC3)n3ccccc23)cc1. The van der Waals surface area contributed by atoms with Crippen molar-refractivity contribution in [2.45, 2.75) is 25.8 Å². The lowest BCUT2D eigenvalue weighted by Crippen LogP contribution is -2.27. The molecule has 1 aliphatic carbocycles. The Labute approximate surface area is 144 Å². The maximum atomic E-state index is 12.7. The Morgan fingerprint density at radius 1 is 1.08 bits per heavy atom. The van der Waals surface area contributed by atoms with Gasteiger partial charge in [0.2, 0.25) is 5.82 Å². The van der Waals surface area contributed by atoms with Gasteiger partial charge in [-0.1, -0.05) is 23.8 Å². The molecular formula is C19H18N4O2. The summed E-state index contributed by atoms with van der Waals surface area (Å²) in [4.78, 5) is 29.4. The monoisotopic (exact) mass is 334 g/mol. The molecule has 2 amide bonds. The van der Waals surface area contributed by atoms with Crippen LogP contribution >= 0.6 is 0 Å². The fourth-order valence-corrected chi connectivity index (χ4v) is 2.67. The Morgan fingerprint density at radius 3 is 2.56 bits per heavy atom. The number of carbonyl (C=O) groups is 2. The van der Waals surface area contributed by atoms with Crippen LogP contribution in [0, 0.1) is 6.92 Å². The highest BCUT2D eigenvalue weighted by atomic mass is 16.2. The normalized spacial score (nSPS) is 13.6. The minimum absolute atomic E-state index is 0.230. The Morgan fingerprint density at radius 2 is 1.84 bits per heavy atom. The number of nitrogens with one attached hydrogen (secondary N) is 2. The molecule has 6 nitrogen and oxygen atoms in total. The average molecular weight is 334 g/mol. The van der Waals surface area contributed by atoms with Crippen LogP contribution in [0.25, 0.3) is 5.52 Å². The molecular weight excluding hydrogens is 316 g/mol. The van der Waals surface area contributed by atoms with Gasteiger partial charge in [0, 0.05) is 17.9 Å². The molecule has 2 N–H and O–H groups in total. The molecule has 0 aliphatic heterocycles. The third-order valence-corrected chi connectivity index (χ3v) is 4.19. The molecule has 1 fully saturated rings. The summed E-state index contributed by atoms with van der Waals surface area (Å²) in [7, 11) is 0. The minimum Gasteiger partial charge on any atom is -0.347 e. The standard InChI is InChI=1S/C19H18N4O2/c1-12-5-7-13(8-6-12)20-18(24)16-15-4-2-3-11-23(15)17(22-16)19(25)21-14-9-10-14/h2-8,11,14H,9-10H2,1H3,(H,20,24)(H,21,25). The molecule has 1 saturated carbocycles. The van der Waals surface area contributed by atoms with Gasteiger partial charge in [-0.05, 0) is 44.0 Å². The van der Waals surface area contributed by atoms with E-state index in [-0.39, 0.29) is 29.4 Å². The molecule has 0 unspecified atom stereocenters. The predicted molar refractivity (Wildman–Crippen MR) is 94.8 cm³/mol. The van der Waals surface area contributed by atoms with Crippen LogP contribution < -0.4 is 10.6 Å². The second-order valence-corrected chi connectivity index (χ2v) is 6.31. The minimum atomic E-state index is -0.335. The number of amides is 2. The Hall–Kier alpha value is -3.15. The molecule has 2 heterocycles. The van der Waals surface area contributed by atoms with Crippen molar-refractivity contribution in [2.75, 3.05) is 5.32 Å². The van der Waals surface area contributed by atoms with Crippen LogP contribution in [-0.2, 0) is 0 Å². The lowest BCUT2D eigenvalue weighted by Gasteiger charge is -2.04. The van der Waals surface area contributed by atoms with Crippen LogP contribution in [0.15, 0.2) is 48.7 Å². The van der Waals surface area contributed by atoms with Crippen molar-refractivity contribution in [3.63, 3.8) is 0 Å². The molecule has 0 bridgehead atoms. The zero-order valence-corrected chi connectivity index (χ0v) is 13.8. The molecule has 0 radical (unpaired) electrons. The summed E-state index contributed by atoms with van der Waals surface area (Å²) in [5.74, 6) is -0.354.